The average molecular weight is 757 g/mol. The van der Waals surface area contributed by atoms with Gasteiger partial charge in [0, 0.05) is 48.7 Å². The quantitative estimate of drug-likeness (QED) is 0.138. The van der Waals surface area contributed by atoms with Gasteiger partial charge in [-0.3, -0.25) is 0 Å². The molecule has 296 valence electrons. The number of alkyl halides is 6. The minimum Gasteiger partial charge on any atom is -0.456 e. The first-order valence-electron chi connectivity index (χ1n) is 18.9. The van der Waals surface area contributed by atoms with Crippen molar-refractivity contribution in [1.29, 1.82) is 0 Å². The summed E-state index contributed by atoms with van der Waals surface area (Å²) >= 11 is 0. The van der Waals surface area contributed by atoms with Gasteiger partial charge in [-0.1, -0.05) is 20.8 Å². The molecule has 0 amide bonds. The van der Waals surface area contributed by atoms with E-state index in [0.717, 1.165) is 6.42 Å². The summed E-state index contributed by atoms with van der Waals surface area (Å²) in [6.07, 6.45) is -7.54. The molecule has 16 heteroatoms. The lowest BCUT2D eigenvalue weighted by Crippen LogP contribution is -2.76. The Morgan fingerprint density at radius 1 is 0.673 bits per heavy atom. The third-order valence-electron chi connectivity index (χ3n) is 13.8. The Hall–Kier alpha value is -1.24. The van der Waals surface area contributed by atoms with E-state index in [1.54, 1.807) is 13.8 Å². The fraction of sp³-hybridized carbons (Fsp3) is 0.944. The van der Waals surface area contributed by atoms with Crippen LogP contribution in [0.1, 0.15) is 98.8 Å². The molecule has 0 aromatic rings. The van der Waals surface area contributed by atoms with E-state index in [-0.39, 0.29) is 55.3 Å². The third kappa shape index (κ3) is 5.53. The summed E-state index contributed by atoms with van der Waals surface area (Å²) in [6.45, 7) is 8.15. The van der Waals surface area contributed by atoms with Crippen LogP contribution >= 0.6 is 0 Å². The largest absolute Gasteiger partial charge is 0.456 e. The van der Waals surface area contributed by atoms with E-state index in [1.165, 1.54) is 6.92 Å². The second kappa shape index (κ2) is 12.6. The molecule has 0 aromatic carbocycles. The zero-order valence-electron chi connectivity index (χ0n) is 30.2. The van der Waals surface area contributed by atoms with Crippen LogP contribution in [0.2, 0.25) is 0 Å². The fourth-order valence-electron chi connectivity index (χ4n) is 11.1. The smallest absolute Gasteiger partial charge is 0.449 e. The van der Waals surface area contributed by atoms with E-state index in [9.17, 15) is 13.2 Å². The number of fused-ring (bicyclic) bond motifs is 4. The van der Waals surface area contributed by atoms with Gasteiger partial charge in [-0.2, -0.15) is 26.3 Å². The van der Waals surface area contributed by atoms with Gasteiger partial charge in [0.05, 0.1) is 13.2 Å². The average Bonchev–Trinajstić information content (AvgIpc) is 3.44. The van der Waals surface area contributed by atoms with Crippen LogP contribution in [0.15, 0.2) is 11.3 Å². The maximum Gasteiger partial charge on any atom is 0.449 e. The van der Waals surface area contributed by atoms with Crippen molar-refractivity contribution in [2.24, 2.45) is 41.4 Å². The van der Waals surface area contributed by atoms with Crippen molar-refractivity contribution in [3.63, 3.8) is 0 Å². The van der Waals surface area contributed by atoms with Crippen LogP contribution in [-0.2, 0) is 48.0 Å². The van der Waals surface area contributed by atoms with E-state index < -0.39 is 83.6 Å². The van der Waals surface area contributed by atoms with Gasteiger partial charge in [-0.05, 0) is 83.0 Å². The Balaban J connectivity index is 0.942. The number of rotatable bonds is 8. The summed E-state index contributed by atoms with van der Waals surface area (Å²) in [6, 6.07) is 0. The first-order valence-corrected chi connectivity index (χ1v) is 18.9. The molecule has 14 atom stereocenters. The summed E-state index contributed by atoms with van der Waals surface area (Å²) in [5, 5.41) is 0. The van der Waals surface area contributed by atoms with Crippen LogP contribution in [-0.4, -0.2) is 73.3 Å². The lowest BCUT2D eigenvalue weighted by molar-refractivity contribution is -0.598. The van der Waals surface area contributed by atoms with Crippen molar-refractivity contribution in [1.82, 2.24) is 0 Å². The first-order chi connectivity index (χ1) is 24.4. The van der Waals surface area contributed by atoms with Crippen LogP contribution in [0.5, 0.6) is 0 Å². The molecule has 8 aliphatic heterocycles. The van der Waals surface area contributed by atoms with Crippen LogP contribution in [0.4, 0.5) is 26.3 Å². The molecule has 2 saturated carbocycles. The molecule has 0 radical (unpaired) electrons. The van der Waals surface area contributed by atoms with Crippen LogP contribution in [0.25, 0.3) is 0 Å². The maximum absolute atomic E-state index is 15.1. The van der Waals surface area contributed by atoms with E-state index in [4.69, 9.17) is 48.0 Å². The van der Waals surface area contributed by atoms with Crippen LogP contribution < -0.4 is 0 Å². The minimum absolute atomic E-state index is 0.0249. The number of hydrogen-bond acceptors (Lipinski definition) is 10. The maximum atomic E-state index is 15.1. The zero-order chi connectivity index (χ0) is 37.1. The molecule has 10 nitrogen and oxygen atoms in total. The van der Waals surface area contributed by atoms with Crippen molar-refractivity contribution in [3.8, 4) is 0 Å². The van der Waals surface area contributed by atoms with Crippen LogP contribution in [0.3, 0.4) is 0 Å². The Morgan fingerprint density at radius 2 is 1.27 bits per heavy atom. The molecule has 0 N–H and O–H groups in total. The van der Waals surface area contributed by atoms with Gasteiger partial charge in [0.1, 0.15) is 0 Å². The molecule has 7 saturated heterocycles. The molecule has 2 aliphatic carbocycles. The molecule has 4 bridgehead atoms. The van der Waals surface area contributed by atoms with E-state index >= 15 is 13.2 Å². The summed E-state index contributed by atoms with van der Waals surface area (Å²) in [7, 11) is 0. The number of unbranched alkanes of at least 4 members (excludes halogenated alkanes) is 1. The Kier molecular flexibility index (Phi) is 9.15. The van der Waals surface area contributed by atoms with E-state index in [0.29, 0.717) is 44.9 Å². The molecular formula is C36H50F6O10. The van der Waals surface area contributed by atoms with Crippen LogP contribution in [0, 0.1) is 41.4 Å². The highest BCUT2D eigenvalue weighted by Gasteiger charge is 2.77. The Morgan fingerprint density at radius 3 is 1.92 bits per heavy atom. The molecule has 10 aliphatic rings. The van der Waals surface area contributed by atoms with Crippen molar-refractivity contribution in [2.75, 3.05) is 19.8 Å². The molecule has 8 heterocycles. The monoisotopic (exact) mass is 756 g/mol. The fourth-order valence-corrected chi connectivity index (χ4v) is 11.1. The van der Waals surface area contributed by atoms with Crippen molar-refractivity contribution >= 4 is 0 Å². The standard InChI is InChI=1S/C36H50F6O10/c1-19-8-10-25-21(3)34(36(40,41)42,48-29-32(25)23(19)12-15-31(5,47-29)50-51-32)44-17-7-6-16-43-18-22-26-11-9-20(2)24-13-14-30(4)46-28(33(24,26)52-49-30)45-27(22)35(37,38)39/h19-21,23-26,28-29H,6-18H2,1-5H3/t19-,20-,21-,23?,24?,25+,26+,28-,29+,30+,31+,32-,33-,34-/m1/s1. The van der Waals surface area contributed by atoms with Gasteiger partial charge in [0.15, 0.2) is 17.5 Å². The zero-order valence-corrected chi connectivity index (χ0v) is 30.2. The SMILES string of the molecule is C[C@@H]1CC[C@H]2C(COCCCCO[C@@]3(C(F)(F)F)O[C@@H]4O[C@]5(C)CCC6[C@H](C)CC[C@@H]([C@H]3C)[C@]64OO5)=C(C(F)(F)F)O[C@@H]3O[C@]4(C)CCC1[C@]32OO4. The number of halogens is 6. The Labute approximate surface area is 299 Å². The predicted molar refractivity (Wildman–Crippen MR) is 165 cm³/mol. The molecule has 2 unspecified atom stereocenters. The molecular weight excluding hydrogens is 706 g/mol. The molecule has 52 heavy (non-hydrogen) atoms. The van der Waals surface area contributed by atoms with Gasteiger partial charge in [-0.15, -0.1) is 0 Å². The summed E-state index contributed by atoms with van der Waals surface area (Å²) < 4.78 is 124. The normalized spacial score (nSPS) is 49.9. The summed E-state index contributed by atoms with van der Waals surface area (Å²) in [4.78, 5) is 23.4. The topological polar surface area (TPSA) is 92.3 Å². The number of ether oxygens (including phenoxy) is 6. The molecule has 9 fully saturated rings. The first kappa shape index (κ1) is 37.7. The van der Waals surface area contributed by atoms with E-state index in [1.807, 2.05) is 0 Å². The minimum atomic E-state index is -4.90. The lowest BCUT2D eigenvalue weighted by Gasteiger charge is -2.62. The Bertz CT molecular complexity index is 1410. The molecule has 10 rings (SSSR count). The number of hydrogen-bond donors (Lipinski definition) is 0. The molecule has 2 spiro atoms. The van der Waals surface area contributed by atoms with Crippen molar-refractivity contribution in [2.45, 2.75) is 152 Å². The van der Waals surface area contributed by atoms with Gasteiger partial charge in [0.25, 0.3) is 5.79 Å². The van der Waals surface area contributed by atoms with Gasteiger partial charge >= 0.3 is 12.4 Å². The van der Waals surface area contributed by atoms with Crippen molar-refractivity contribution in [3.05, 3.63) is 11.3 Å². The van der Waals surface area contributed by atoms with Gasteiger partial charge < -0.3 is 28.4 Å². The number of allylic oxidation sites excluding steroid dienone is 1. The second-order valence-corrected chi connectivity index (χ2v) is 16.9. The second-order valence-electron chi connectivity index (χ2n) is 16.9. The van der Waals surface area contributed by atoms with Gasteiger partial charge in [-0.25, -0.2) is 19.6 Å². The van der Waals surface area contributed by atoms with Gasteiger partial charge in [0.2, 0.25) is 23.6 Å². The summed E-state index contributed by atoms with van der Waals surface area (Å²) in [5.74, 6) is -9.03. The van der Waals surface area contributed by atoms with E-state index in [2.05, 4.69) is 13.8 Å². The molecule has 0 aromatic heterocycles. The predicted octanol–water partition coefficient (Wildman–Crippen LogP) is 8.00. The highest BCUT2D eigenvalue weighted by molar-refractivity contribution is 5.28. The third-order valence-corrected chi connectivity index (χ3v) is 13.8. The highest BCUT2D eigenvalue weighted by atomic mass is 19.4. The lowest BCUT2D eigenvalue weighted by atomic mass is 9.57. The summed E-state index contributed by atoms with van der Waals surface area (Å²) in [5.41, 5.74) is -2.53. The van der Waals surface area contributed by atoms with Crippen molar-refractivity contribution < 1.29 is 74.3 Å². The highest BCUT2D eigenvalue weighted by Crippen LogP contribution is 2.65.